The SMILES string of the molecule is CC1(C)S[C@@H]2C(N3C(=O)c4ccccc4C3=O)C(=O)N2[C@H]1C(=O)O. The van der Waals surface area contributed by atoms with Crippen LogP contribution < -0.4 is 0 Å². The Morgan fingerprint density at radius 3 is 2.17 bits per heavy atom. The lowest BCUT2D eigenvalue weighted by atomic mass is 9.95. The van der Waals surface area contributed by atoms with E-state index in [0.29, 0.717) is 0 Å². The minimum Gasteiger partial charge on any atom is -0.480 e. The van der Waals surface area contributed by atoms with E-state index in [9.17, 15) is 24.3 Å². The summed E-state index contributed by atoms with van der Waals surface area (Å²) in [5, 5.41) is 8.91. The van der Waals surface area contributed by atoms with Crippen LogP contribution in [-0.4, -0.2) is 60.8 Å². The molecule has 2 fully saturated rings. The van der Waals surface area contributed by atoms with E-state index in [1.165, 1.54) is 16.7 Å². The number of benzene rings is 1. The first-order valence-corrected chi connectivity index (χ1v) is 8.33. The van der Waals surface area contributed by atoms with Crippen molar-refractivity contribution in [2.24, 2.45) is 0 Å². The summed E-state index contributed by atoms with van der Waals surface area (Å²) in [6.45, 7) is 3.50. The van der Waals surface area contributed by atoms with E-state index in [-0.39, 0.29) is 11.1 Å². The first kappa shape index (κ1) is 15.2. The average Bonchev–Trinajstić information content (AvgIpc) is 2.92. The van der Waals surface area contributed by atoms with Gasteiger partial charge in [0.05, 0.1) is 11.1 Å². The van der Waals surface area contributed by atoms with Crippen LogP contribution >= 0.6 is 11.8 Å². The minimum atomic E-state index is -1.08. The van der Waals surface area contributed by atoms with Gasteiger partial charge in [-0.25, -0.2) is 4.79 Å². The number of rotatable bonds is 2. The first-order valence-electron chi connectivity index (χ1n) is 7.45. The van der Waals surface area contributed by atoms with Gasteiger partial charge in [-0.1, -0.05) is 12.1 Å². The van der Waals surface area contributed by atoms with Gasteiger partial charge in [0.25, 0.3) is 17.7 Å². The Morgan fingerprint density at radius 1 is 1.12 bits per heavy atom. The second kappa shape index (κ2) is 4.60. The van der Waals surface area contributed by atoms with Crippen molar-refractivity contribution in [1.82, 2.24) is 9.80 Å². The second-order valence-corrected chi connectivity index (χ2v) is 8.34. The molecule has 0 bridgehead atoms. The quantitative estimate of drug-likeness (QED) is 0.629. The lowest BCUT2D eigenvalue weighted by molar-refractivity contribution is -0.162. The number of carboxylic acids is 1. The number of β-lactam (4-membered cyclic amide) rings is 1. The molecule has 7 nitrogen and oxygen atoms in total. The Morgan fingerprint density at radius 2 is 1.67 bits per heavy atom. The molecule has 1 aromatic rings. The third-order valence-corrected chi connectivity index (χ3v) is 6.31. The molecule has 124 valence electrons. The van der Waals surface area contributed by atoms with Gasteiger partial charge in [0, 0.05) is 4.75 Å². The lowest BCUT2D eigenvalue weighted by Gasteiger charge is -2.46. The van der Waals surface area contributed by atoms with Gasteiger partial charge >= 0.3 is 5.97 Å². The summed E-state index contributed by atoms with van der Waals surface area (Å²) in [6.07, 6.45) is 0. The molecule has 1 unspecified atom stereocenters. The van der Waals surface area contributed by atoms with Crippen LogP contribution in [-0.2, 0) is 9.59 Å². The molecule has 3 aliphatic rings. The summed E-state index contributed by atoms with van der Waals surface area (Å²) < 4.78 is -0.695. The second-order valence-electron chi connectivity index (χ2n) is 6.57. The molecular formula is C16H14N2O5S. The molecule has 1 aromatic carbocycles. The summed E-state index contributed by atoms with van der Waals surface area (Å²) in [6, 6.07) is 4.54. The van der Waals surface area contributed by atoms with Crippen molar-refractivity contribution in [3.05, 3.63) is 35.4 Å². The van der Waals surface area contributed by atoms with Crippen molar-refractivity contribution in [2.45, 2.75) is 36.1 Å². The van der Waals surface area contributed by atoms with Crippen LogP contribution in [0.4, 0.5) is 0 Å². The van der Waals surface area contributed by atoms with E-state index in [0.717, 1.165) is 4.90 Å². The molecule has 0 spiro atoms. The van der Waals surface area contributed by atoms with Crippen molar-refractivity contribution < 1.29 is 24.3 Å². The first-order chi connectivity index (χ1) is 11.3. The van der Waals surface area contributed by atoms with Crippen molar-refractivity contribution in [1.29, 1.82) is 0 Å². The van der Waals surface area contributed by atoms with Gasteiger partial charge in [-0.2, -0.15) is 0 Å². The maximum atomic E-state index is 12.6. The molecule has 2 saturated heterocycles. The highest BCUT2D eigenvalue weighted by molar-refractivity contribution is 8.01. The maximum absolute atomic E-state index is 12.6. The van der Waals surface area contributed by atoms with Crippen LogP contribution in [0.5, 0.6) is 0 Å². The Bertz CT molecular complexity index is 785. The highest BCUT2D eigenvalue weighted by atomic mass is 32.2. The van der Waals surface area contributed by atoms with Crippen LogP contribution in [0.3, 0.4) is 0 Å². The van der Waals surface area contributed by atoms with Crippen LogP contribution in [0.25, 0.3) is 0 Å². The molecule has 24 heavy (non-hydrogen) atoms. The zero-order valence-corrected chi connectivity index (χ0v) is 13.7. The number of hydrogen-bond donors (Lipinski definition) is 1. The van der Waals surface area contributed by atoms with Gasteiger partial charge in [-0.3, -0.25) is 19.3 Å². The zero-order chi connectivity index (χ0) is 17.4. The number of amides is 3. The smallest absolute Gasteiger partial charge is 0.327 e. The molecule has 0 radical (unpaired) electrons. The number of hydrogen-bond acceptors (Lipinski definition) is 5. The van der Waals surface area contributed by atoms with E-state index >= 15 is 0 Å². The molecule has 3 heterocycles. The van der Waals surface area contributed by atoms with E-state index in [2.05, 4.69) is 0 Å². The topological polar surface area (TPSA) is 95.0 Å². The summed E-state index contributed by atoms with van der Waals surface area (Å²) in [7, 11) is 0. The van der Waals surface area contributed by atoms with Crippen LogP contribution in [0.1, 0.15) is 34.6 Å². The highest BCUT2D eigenvalue weighted by Gasteiger charge is 2.67. The molecule has 4 rings (SSSR count). The summed E-state index contributed by atoms with van der Waals surface area (Å²) in [5.41, 5.74) is 0.566. The van der Waals surface area contributed by atoms with Crippen molar-refractivity contribution in [2.75, 3.05) is 0 Å². The van der Waals surface area contributed by atoms with Crippen LogP contribution in [0.2, 0.25) is 0 Å². The lowest BCUT2D eigenvalue weighted by Crippen LogP contribution is -2.71. The highest BCUT2D eigenvalue weighted by Crippen LogP contribution is 2.52. The number of thioether (sulfide) groups is 1. The van der Waals surface area contributed by atoms with E-state index in [4.69, 9.17) is 0 Å². The summed E-state index contributed by atoms with van der Waals surface area (Å²) in [5.74, 6) is -2.55. The largest absolute Gasteiger partial charge is 0.480 e. The van der Waals surface area contributed by atoms with E-state index in [1.807, 2.05) is 0 Å². The normalized spacial score (nSPS) is 30.2. The average molecular weight is 346 g/mol. The molecule has 3 atom stereocenters. The predicted molar refractivity (Wildman–Crippen MR) is 84.5 cm³/mol. The standard InChI is InChI=1S/C16H14N2O5S/c1-16(2)10(15(22)23)18-13(21)9(14(18)24-16)17-11(19)7-5-3-4-6-8(7)12(17)20/h3-6,9-10,14H,1-2H3,(H,22,23)/t9?,10-,14+/m0/s1. The Kier molecular flexibility index (Phi) is 2.91. The van der Waals surface area contributed by atoms with Gasteiger partial charge < -0.3 is 10.0 Å². The van der Waals surface area contributed by atoms with Gasteiger partial charge in [-0.15, -0.1) is 11.8 Å². The molecule has 3 amide bonds. The van der Waals surface area contributed by atoms with Crippen molar-refractivity contribution in [3.8, 4) is 0 Å². The monoisotopic (exact) mass is 346 g/mol. The van der Waals surface area contributed by atoms with Gasteiger partial charge in [0.15, 0.2) is 0 Å². The number of fused-ring (bicyclic) bond motifs is 2. The number of carboxylic acid groups (broad SMARTS) is 1. The van der Waals surface area contributed by atoms with Crippen molar-refractivity contribution in [3.63, 3.8) is 0 Å². The minimum absolute atomic E-state index is 0.283. The van der Waals surface area contributed by atoms with Gasteiger partial charge in [0.1, 0.15) is 17.5 Å². The fraction of sp³-hybridized carbons (Fsp3) is 0.375. The fourth-order valence-corrected chi connectivity index (χ4v) is 5.36. The van der Waals surface area contributed by atoms with E-state index < -0.39 is 45.9 Å². The molecule has 8 heteroatoms. The molecule has 1 N–H and O–H groups in total. The zero-order valence-electron chi connectivity index (χ0n) is 12.9. The number of nitrogens with zero attached hydrogens (tertiary/aromatic N) is 2. The molecule has 0 aliphatic carbocycles. The third kappa shape index (κ3) is 1.69. The molecule has 0 aromatic heterocycles. The Hall–Kier alpha value is -2.35. The summed E-state index contributed by atoms with van der Waals surface area (Å²) >= 11 is 1.31. The van der Waals surface area contributed by atoms with Gasteiger partial charge in [-0.05, 0) is 26.0 Å². The van der Waals surface area contributed by atoms with Crippen molar-refractivity contribution >= 4 is 35.5 Å². The molecule has 3 aliphatic heterocycles. The maximum Gasteiger partial charge on any atom is 0.327 e. The fourth-order valence-electron chi connectivity index (χ4n) is 3.69. The predicted octanol–water partition coefficient (Wildman–Crippen LogP) is 0.798. The molecular weight excluding hydrogens is 332 g/mol. The number of imide groups is 1. The Balaban J connectivity index is 1.69. The van der Waals surface area contributed by atoms with Crippen LogP contribution in [0, 0.1) is 0 Å². The number of aliphatic carboxylic acids is 1. The number of carbonyl (C=O) groups excluding carboxylic acids is 3. The molecule has 0 saturated carbocycles. The number of carbonyl (C=O) groups is 4. The van der Waals surface area contributed by atoms with E-state index in [1.54, 1.807) is 38.1 Å². The van der Waals surface area contributed by atoms with Crippen LogP contribution in [0.15, 0.2) is 24.3 Å². The Labute approximate surface area is 141 Å². The third-order valence-electron chi connectivity index (χ3n) is 4.75. The summed E-state index contributed by atoms with van der Waals surface area (Å²) in [4.78, 5) is 51.5. The van der Waals surface area contributed by atoms with Gasteiger partial charge in [0.2, 0.25) is 0 Å².